The number of para-hydroxylation sites is 1. The monoisotopic (exact) mass is 348 g/mol. The molecule has 0 radical (unpaired) electrons. The van der Waals surface area contributed by atoms with Crippen LogP contribution in [0.5, 0.6) is 0 Å². The first-order valence-electron chi connectivity index (χ1n) is 8.76. The summed E-state index contributed by atoms with van der Waals surface area (Å²) in [4.78, 5) is 29.9. The molecule has 5 nitrogen and oxygen atoms in total. The molecule has 1 aliphatic heterocycles. The molecule has 0 N–H and O–H groups in total. The molecule has 1 unspecified atom stereocenters. The normalized spacial score (nSPS) is 13.3. The van der Waals surface area contributed by atoms with Gasteiger partial charge in [-0.2, -0.15) is 0 Å². The summed E-state index contributed by atoms with van der Waals surface area (Å²) in [6, 6.07) is 12.0. The van der Waals surface area contributed by atoms with Crippen molar-refractivity contribution in [1.29, 1.82) is 0 Å². The predicted octanol–water partition coefficient (Wildman–Crippen LogP) is 3.40. The highest BCUT2D eigenvalue weighted by Gasteiger charge is 2.28. The largest absolute Gasteiger partial charge is 0.469 e. The molecule has 0 spiro atoms. The Bertz CT molecular complexity index is 1100. The second-order valence-electron chi connectivity index (χ2n) is 6.67. The van der Waals surface area contributed by atoms with Crippen molar-refractivity contribution in [2.45, 2.75) is 32.7 Å². The van der Waals surface area contributed by atoms with Gasteiger partial charge in [0.1, 0.15) is 0 Å². The third kappa shape index (κ3) is 2.35. The molecule has 0 saturated heterocycles. The second kappa shape index (κ2) is 6.09. The molecule has 4 rings (SSSR count). The number of nitrogens with zero attached hydrogens (tertiary/aromatic N) is 2. The van der Waals surface area contributed by atoms with Crippen LogP contribution in [0, 0.1) is 6.92 Å². The molecule has 3 aromatic rings. The van der Waals surface area contributed by atoms with Crippen LogP contribution in [0.4, 0.5) is 0 Å². The first-order chi connectivity index (χ1) is 12.5. The lowest BCUT2D eigenvalue weighted by molar-refractivity contribution is -0.142. The van der Waals surface area contributed by atoms with Crippen LogP contribution in [-0.2, 0) is 16.1 Å². The number of esters is 1. The Labute approximate surface area is 151 Å². The molecule has 1 aromatic carbocycles. The van der Waals surface area contributed by atoms with Crippen LogP contribution in [0.1, 0.15) is 36.0 Å². The number of hydrogen-bond donors (Lipinski definition) is 0. The van der Waals surface area contributed by atoms with Crippen LogP contribution in [0.25, 0.3) is 22.3 Å². The van der Waals surface area contributed by atoms with Gasteiger partial charge in [0.25, 0.3) is 5.56 Å². The zero-order chi connectivity index (χ0) is 18.4. The van der Waals surface area contributed by atoms with E-state index in [1.807, 2.05) is 37.3 Å². The van der Waals surface area contributed by atoms with Crippen LogP contribution in [0.2, 0.25) is 0 Å². The lowest BCUT2D eigenvalue weighted by Gasteiger charge is -2.17. The predicted molar refractivity (Wildman–Crippen MR) is 100 cm³/mol. The summed E-state index contributed by atoms with van der Waals surface area (Å²) in [5, 5.41) is 1.06. The molecule has 5 heteroatoms. The molecule has 2 aromatic heterocycles. The fourth-order valence-electron chi connectivity index (χ4n) is 3.81. The lowest BCUT2D eigenvalue weighted by atomic mass is 9.92. The average molecular weight is 348 g/mol. The van der Waals surface area contributed by atoms with E-state index >= 15 is 0 Å². The quantitative estimate of drug-likeness (QED) is 0.532. The summed E-state index contributed by atoms with van der Waals surface area (Å²) in [5.74, 6) is -0.757. The SMILES string of the molecule is CCC(C(=O)OC)c1cc2n(c(=O)c1C)Cc1cc3ccccc3nc1-2. The summed E-state index contributed by atoms with van der Waals surface area (Å²) in [6.45, 7) is 4.21. The van der Waals surface area contributed by atoms with E-state index in [2.05, 4.69) is 6.07 Å². The molecule has 3 heterocycles. The van der Waals surface area contributed by atoms with E-state index in [4.69, 9.17) is 9.72 Å². The summed E-state index contributed by atoms with van der Waals surface area (Å²) >= 11 is 0. The van der Waals surface area contributed by atoms with Crippen molar-refractivity contribution >= 4 is 16.9 Å². The number of ether oxygens (including phenoxy) is 1. The molecule has 0 amide bonds. The Morgan fingerprint density at radius 1 is 1.31 bits per heavy atom. The first kappa shape index (κ1) is 16.5. The van der Waals surface area contributed by atoms with Crippen molar-refractivity contribution < 1.29 is 9.53 Å². The maximum atomic E-state index is 13.0. The van der Waals surface area contributed by atoms with E-state index in [1.165, 1.54) is 7.11 Å². The highest BCUT2D eigenvalue weighted by molar-refractivity contribution is 5.84. The number of carbonyl (C=O) groups excluding carboxylic acids is 1. The van der Waals surface area contributed by atoms with Crippen molar-refractivity contribution in [3.8, 4) is 11.4 Å². The van der Waals surface area contributed by atoms with Gasteiger partial charge in [0.2, 0.25) is 0 Å². The Morgan fingerprint density at radius 2 is 2.08 bits per heavy atom. The minimum absolute atomic E-state index is 0.0677. The van der Waals surface area contributed by atoms with Crippen molar-refractivity contribution in [2.75, 3.05) is 7.11 Å². The van der Waals surface area contributed by atoms with E-state index in [9.17, 15) is 9.59 Å². The maximum Gasteiger partial charge on any atom is 0.313 e. The molecule has 26 heavy (non-hydrogen) atoms. The number of pyridine rings is 2. The molecule has 0 saturated carbocycles. The van der Waals surface area contributed by atoms with Gasteiger partial charge in [-0.05, 0) is 37.1 Å². The van der Waals surface area contributed by atoms with Gasteiger partial charge < -0.3 is 9.30 Å². The third-order valence-electron chi connectivity index (χ3n) is 5.23. The van der Waals surface area contributed by atoms with E-state index in [0.717, 1.165) is 33.4 Å². The van der Waals surface area contributed by atoms with Crippen LogP contribution in [0.15, 0.2) is 41.2 Å². The lowest BCUT2D eigenvalue weighted by Crippen LogP contribution is -2.25. The fraction of sp³-hybridized carbons (Fsp3) is 0.286. The van der Waals surface area contributed by atoms with Gasteiger partial charge in [0.05, 0.1) is 36.5 Å². The summed E-state index contributed by atoms with van der Waals surface area (Å²) in [6.07, 6.45) is 0.578. The minimum Gasteiger partial charge on any atom is -0.469 e. The smallest absolute Gasteiger partial charge is 0.313 e. The molecule has 132 valence electrons. The van der Waals surface area contributed by atoms with Crippen LogP contribution in [0.3, 0.4) is 0 Å². The van der Waals surface area contributed by atoms with Crippen LogP contribution in [-0.4, -0.2) is 22.6 Å². The highest BCUT2D eigenvalue weighted by Crippen LogP contribution is 2.34. The molecular formula is C21H20N2O3. The molecule has 0 fully saturated rings. The summed E-state index contributed by atoms with van der Waals surface area (Å²) in [7, 11) is 1.38. The topological polar surface area (TPSA) is 61.2 Å². The number of methoxy groups -OCH3 is 1. The minimum atomic E-state index is -0.442. The Kier molecular flexibility index (Phi) is 3.87. The Morgan fingerprint density at radius 3 is 2.81 bits per heavy atom. The average Bonchev–Trinajstić information content (AvgIpc) is 3.01. The van der Waals surface area contributed by atoms with Gasteiger partial charge in [0.15, 0.2) is 0 Å². The second-order valence-corrected chi connectivity index (χ2v) is 6.67. The van der Waals surface area contributed by atoms with Crippen molar-refractivity contribution in [3.05, 3.63) is 63.4 Å². The van der Waals surface area contributed by atoms with Gasteiger partial charge in [-0.3, -0.25) is 9.59 Å². The number of carbonyl (C=O) groups is 1. The number of fused-ring (bicyclic) bond motifs is 4. The van der Waals surface area contributed by atoms with E-state index in [0.29, 0.717) is 18.5 Å². The Hall–Kier alpha value is -2.95. The highest BCUT2D eigenvalue weighted by atomic mass is 16.5. The molecular weight excluding hydrogens is 328 g/mol. The number of benzene rings is 1. The zero-order valence-electron chi connectivity index (χ0n) is 15.1. The molecule has 1 atom stereocenters. The van der Waals surface area contributed by atoms with Crippen molar-refractivity contribution in [3.63, 3.8) is 0 Å². The third-order valence-corrected chi connectivity index (χ3v) is 5.23. The van der Waals surface area contributed by atoms with Crippen LogP contribution < -0.4 is 5.56 Å². The van der Waals surface area contributed by atoms with E-state index < -0.39 is 5.92 Å². The molecule has 1 aliphatic rings. The van der Waals surface area contributed by atoms with Crippen molar-refractivity contribution in [2.24, 2.45) is 0 Å². The van der Waals surface area contributed by atoms with Gasteiger partial charge in [0, 0.05) is 16.5 Å². The van der Waals surface area contributed by atoms with Crippen molar-refractivity contribution in [1.82, 2.24) is 9.55 Å². The molecule has 0 bridgehead atoms. The van der Waals surface area contributed by atoms with E-state index in [-0.39, 0.29) is 11.5 Å². The number of hydrogen-bond acceptors (Lipinski definition) is 4. The number of rotatable bonds is 3. The van der Waals surface area contributed by atoms with Gasteiger partial charge >= 0.3 is 5.97 Å². The van der Waals surface area contributed by atoms with Gasteiger partial charge in [-0.1, -0.05) is 25.1 Å². The summed E-state index contributed by atoms with van der Waals surface area (Å²) in [5.41, 5.74) is 4.79. The van der Waals surface area contributed by atoms with E-state index in [1.54, 1.807) is 11.5 Å². The zero-order valence-corrected chi connectivity index (χ0v) is 15.1. The fourth-order valence-corrected chi connectivity index (χ4v) is 3.81. The number of aromatic nitrogens is 2. The van der Waals surface area contributed by atoms with Gasteiger partial charge in [-0.25, -0.2) is 4.98 Å². The summed E-state index contributed by atoms with van der Waals surface area (Å²) < 4.78 is 6.69. The standard InChI is InChI=1S/C21H20N2O3/c1-4-15(21(25)26-3)16-10-18-19-14(11-23(18)20(24)12(16)2)9-13-7-5-6-8-17(13)22-19/h5-10,15H,4,11H2,1-3H3. The van der Waals surface area contributed by atoms with Gasteiger partial charge in [-0.15, -0.1) is 0 Å². The Balaban J connectivity index is 1.96. The van der Waals surface area contributed by atoms with Crippen LogP contribution >= 0.6 is 0 Å². The molecule has 0 aliphatic carbocycles. The maximum absolute atomic E-state index is 13.0. The first-order valence-corrected chi connectivity index (χ1v) is 8.76.